The number of anilines is 1. The maximum absolute atomic E-state index is 12.3. The molecule has 1 atom stereocenters. The molecular weight excluding hydrogens is 344 g/mol. The Morgan fingerprint density at radius 1 is 1.15 bits per heavy atom. The normalized spacial score (nSPS) is 12.0. The first-order valence-electron chi connectivity index (χ1n) is 8.30. The van der Waals surface area contributed by atoms with Crippen molar-refractivity contribution in [3.05, 3.63) is 64.7 Å². The van der Waals surface area contributed by atoms with Gasteiger partial charge in [0.1, 0.15) is 17.4 Å². The van der Waals surface area contributed by atoms with Crippen LogP contribution in [0.5, 0.6) is 5.75 Å². The van der Waals surface area contributed by atoms with Crippen LogP contribution in [0.3, 0.4) is 0 Å². The number of carbonyl (C=O) groups excluding carboxylic acids is 1. The largest absolute Gasteiger partial charge is 0.479 e. The van der Waals surface area contributed by atoms with Gasteiger partial charge in [0.2, 0.25) is 0 Å². The quantitative estimate of drug-likeness (QED) is 0.601. The minimum absolute atomic E-state index is 0.0409. The van der Waals surface area contributed by atoms with Gasteiger partial charge in [-0.3, -0.25) is 4.79 Å². The summed E-state index contributed by atoms with van der Waals surface area (Å²) in [5, 5.41) is 20.9. The number of nitrogens with zero attached hydrogens (tertiary/aromatic N) is 1. The third-order valence-electron chi connectivity index (χ3n) is 3.98. The van der Waals surface area contributed by atoms with E-state index in [1.54, 1.807) is 30.3 Å². The molecule has 0 aromatic heterocycles. The van der Waals surface area contributed by atoms with Crippen LogP contribution in [0.25, 0.3) is 6.08 Å². The van der Waals surface area contributed by atoms with Crippen LogP contribution in [-0.2, 0) is 9.59 Å². The van der Waals surface area contributed by atoms with Gasteiger partial charge >= 0.3 is 5.97 Å². The molecule has 0 heterocycles. The molecule has 2 rings (SSSR count). The van der Waals surface area contributed by atoms with Crippen molar-refractivity contribution in [3.8, 4) is 11.8 Å². The Labute approximate surface area is 157 Å². The van der Waals surface area contributed by atoms with E-state index < -0.39 is 18.0 Å². The van der Waals surface area contributed by atoms with E-state index in [0.29, 0.717) is 17.0 Å². The number of amides is 1. The highest BCUT2D eigenvalue weighted by molar-refractivity contribution is 6.09. The molecule has 0 aliphatic heterocycles. The smallest absolute Gasteiger partial charge is 0.344 e. The van der Waals surface area contributed by atoms with E-state index in [-0.39, 0.29) is 5.57 Å². The van der Waals surface area contributed by atoms with Gasteiger partial charge in [-0.2, -0.15) is 5.26 Å². The maximum atomic E-state index is 12.3. The number of nitriles is 1. The molecule has 0 bridgehead atoms. The predicted molar refractivity (Wildman–Crippen MR) is 102 cm³/mol. The zero-order chi connectivity index (χ0) is 20.0. The molecule has 0 spiro atoms. The summed E-state index contributed by atoms with van der Waals surface area (Å²) in [5.41, 5.74) is 3.36. The molecule has 0 aliphatic carbocycles. The Morgan fingerprint density at radius 2 is 1.81 bits per heavy atom. The Hall–Kier alpha value is -3.59. The molecule has 0 unspecified atom stereocenters. The number of aryl methyl sites for hydroxylation is 2. The van der Waals surface area contributed by atoms with Gasteiger partial charge in [-0.1, -0.05) is 18.2 Å². The number of carbonyl (C=O) groups is 2. The molecule has 0 aliphatic rings. The van der Waals surface area contributed by atoms with Gasteiger partial charge in [0.25, 0.3) is 5.91 Å². The molecule has 2 aromatic rings. The Balaban J connectivity index is 2.12. The molecule has 0 radical (unpaired) electrons. The van der Waals surface area contributed by atoms with Crippen molar-refractivity contribution in [1.82, 2.24) is 0 Å². The number of ether oxygens (including phenoxy) is 1. The number of nitrogens with one attached hydrogen (secondary N) is 1. The minimum atomic E-state index is -1.06. The summed E-state index contributed by atoms with van der Waals surface area (Å²) in [6, 6.07) is 13.9. The van der Waals surface area contributed by atoms with Gasteiger partial charge in [0.05, 0.1) is 0 Å². The first-order valence-corrected chi connectivity index (χ1v) is 8.30. The predicted octanol–water partition coefficient (Wildman–Crippen LogP) is 3.70. The number of aliphatic carboxylic acids is 1. The fourth-order valence-electron chi connectivity index (χ4n) is 2.23. The maximum Gasteiger partial charge on any atom is 0.344 e. The van der Waals surface area contributed by atoms with Crippen LogP contribution in [0.2, 0.25) is 0 Å². The number of benzene rings is 2. The fourth-order valence-corrected chi connectivity index (χ4v) is 2.23. The van der Waals surface area contributed by atoms with Crippen molar-refractivity contribution in [1.29, 1.82) is 5.26 Å². The monoisotopic (exact) mass is 364 g/mol. The summed E-state index contributed by atoms with van der Waals surface area (Å²) < 4.78 is 5.24. The highest BCUT2D eigenvalue weighted by Crippen LogP contribution is 2.18. The molecule has 0 saturated heterocycles. The lowest BCUT2D eigenvalue weighted by Crippen LogP contribution is -2.22. The van der Waals surface area contributed by atoms with E-state index in [1.165, 1.54) is 13.0 Å². The molecule has 2 N–H and O–H groups in total. The van der Waals surface area contributed by atoms with E-state index in [2.05, 4.69) is 5.32 Å². The standard InChI is InChI=1S/C21H20N2O4/c1-13-4-7-18(10-14(13)2)23-20(24)17(12-22)11-16-5-8-19(9-6-16)27-15(3)21(25)26/h4-11,15H,1-3H3,(H,23,24)(H,25,26)/b17-11-/t15-/m1/s1. The van der Waals surface area contributed by atoms with Gasteiger partial charge in [-0.25, -0.2) is 4.79 Å². The summed E-state index contributed by atoms with van der Waals surface area (Å²) in [5.74, 6) is -1.17. The third kappa shape index (κ3) is 5.44. The fraction of sp³-hybridized carbons (Fsp3) is 0.190. The highest BCUT2D eigenvalue weighted by atomic mass is 16.5. The summed E-state index contributed by atoms with van der Waals surface area (Å²) >= 11 is 0. The Kier molecular flexibility index (Phi) is 6.34. The molecule has 2 aromatic carbocycles. The number of hydrogen-bond donors (Lipinski definition) is 2. The van der Waals surface area contributed by atoms with Crippen molar-refractivity contribution in [2.75, 3.05) is 5.32 Å². The van der Waals surface area contributed by atoms with Gasteiger partial charge in [0, 0.05) is 5.69 Å². The lowest BCUT2D eigenvalue weighted by molar-refractivity contribution is -0.144. The number of carboxylic acid groups (broad SMARTS) is 1. The number of hydrogen-bond acceptors (Lipinski definition) is 4. The molecule has 0 fully saturated rings. The molecule has 0 saturated carbocycles. The molecule has 138 valence electrons. The molecular formula is C21H20N2O4. The Morgan fingerprint density at radius 3 is 2.37 bits per heavy atom. The van der Waals surface area contributed by atoms with Crippen LogP contribution in [0, 0.1) is 25.2 Å². The minimum Gasteiger partial charge on any atom is -0.479 e. The first kappa shape index (κ1) is 19.7. The third-order valence-corrected chi connectivity index (χ3v) is 3.98. The number of rotatable bonds is 6. The van der Waals surface area contributed by atoms with Crippen molar-refractivity contribution in [2.24, 2.45) is 0 Å². The van der Waals surface area contributed by atoms with Crippen LogP contribution in [-0.4, -0.2) is 23.1 Å². The second-order valence-electron chi connectivity index (χ2n) is 6.09. The molecule has 1 amide bonds. The lowest BCUT2D eigenvalue weighted by Gasteiger charge is -2.10. The van der Waals surface area contributed by atoms with Crippen LogP contribution in [0.1, 0.15) is 23.6 Å². The van der Waals surface area contributed by atoms with E-state index in [4.69, 9.17) is 9.84 Å². The second-order valence-corrected chi connectivity index (χ2v) is 6.09. The summed E-state index contributed by atoms with van der Waals surface area (Å²) in [7, 11) is 0. The van der Waals surface area contributed by atoms with Crippen LogP contribution < -0.4 is 10.1 Å². The van der Waals surface area contributed by atoms with Gasteiger partial charge in [0.15, 0.2) is 6.10 Å². The Bertz CT molecular complexity index is 924. The molecule has 6 heteroatoms. The molecule has 6 nitrogen and oxygen atoms in total. The van der Waals surface area contributed by atoms with Crippen molar-refractivity contribution < 1.29 is 19.4 Å². The van der Waals surface area contributed by atoms with Crippen molar-refractivity contribution >= 4 is 23.6 Å². The zero-order valence-electron chi connectivity index (χ0n) is 15.3. The lowest BCUT2D eigenvalue weighted by atomic mass is 10.1. The second kappa shape index (κ2) is 8.68. The van der Waals surface area contributed by atoms with E-state index in [0.717, 1.165) is 11.1 Å². The molecule has 27 heavy (non-hydrogen) atoms. The van der Waals surface area contributed by atoms with Gasteiger partial charge in [-0.15, -0.1) is 0 Å². The van der Waals surface area contributed by atoms with Crippen molar-refractivity contribution in [2.45, 2.75) is 26.9 Å². The van der Waals surface area contributed by atoms with Crippen LogP contribution >= 0.6 is 0 Å². The van der Waals surface area contributed by atoms with Crippen molar-refractivity contribution in [3.63, 3.8) is 0 Å². The van der Waals surface area contributed by atoms with Crippen LogP contribution in [0.15, 0.2) is 48.0 Å². The van der Waals surface area contributed by atoms with E-state index >= 15 is 0 Å². The van der Waals surface area contributed by atoms with E-state index in [9.17, 15) is 14.9 Å². The highest BCUT2D eigenvalue weighted by Gasteiger charge is 2.13. The van der Waals surface area contributed by atoms with Crippen LogP contribution in [0.4, 0.5) is 5.69 Å². The average molecular weight is 364 g/mol. The van der Waals surface area contributed by atoms with Gasteiger partial charge < -0.3 is 15.2 Å². The average Bonchev–Trinajstić information content (AvgIpc) is 2.63. The number of carboxylic acids is 1. The first-order chi connectivity index (χ1) is 12.8. The summed E-state index contributed by atoms with van der Waals surface area (Å²) in [4.78, 5) is 23.1. The zero-order valence-corrected chi connectivity index (χ0v) is 15.3. The van der Waals surface area contributed by atoms with Gasteiger partial charge in [-0.05, 0) is 67.8 Å². The summed E-state index contributed by atoms with van der Waals surface area (Å²) in [6.07, 6.45) is 0.491. The van der Waals surface area contributed by atoms with E-state index in [1.807, 2.05) is 32.0 Å². The topological polar surface area (TPSA) is 99.4 Å². The summed E-state index contributed by atoms with van der Waals surface area (Å²) in [6.45, 7) is 5.36. The SMILES string of the molecule is Cc1ccc(NC(=O)/C(C#N)=C\c2ccc(O[C@H](C)C(=O)O)cc2)cc1C.